The Balaban J connectivity index is 1.88. The van der Waals surface area contributed by atoms with Gasteiger partial charge in [0.05, 0.1) is 16.6 Å². The van der Waals surface area contributed by atoms with Crippen LogP contribution in [-0.4, -0.2) is 23.6 Å². The predicted octanol–water partition coefficient (Wildman–Crippen LogP) is 7.18. The molecule has 2 heterocycles. The third-order valence-corrected chi connectivity index (χ3v) is 7.16. The Labute approximate surface area is 201 Å². The summed E-state index contributed by atoms with van der Waals surface area (Å²) < 4.78 is 2.25. The molecule has 174 valence electrons. The van der Waals surface area contributed by atoms with Crippen molar-refractivity contribution in [3.63, 3.8) is 0 Å². The molecule has 0 bridgehead atoms. The van der Waals surface area contributed by atoms with Gasteiger partial charge in [0.1, 0.15) is 5.56 Å². The van der Waals surface area contributed by atoms with E-state index in [1.165, 1.54) is 5.69 Å². The molecule has 34 heavy (non-hydrogen) atoms. The summed E-state index contributed by atoms with van der Waals surface area (Å²) in [5.41, 5.74) is 7.92. The molecule has 4 aromatic rings. The summed E-state index contributed by atoms with van der Waals surface area (Å²) in [4.78, 5) is 22.1. The Morgan fingerprint density at radius 2 is 1.59 bits per heavy atom. The lowest BCUT2D eigenvalue weighted by Crippen LogP contribution is -2.37. The van der Waals surface area contributed by atoms with Crippen molar-refractivity contribution < 1.29 is 9.63 Å². The van der Waals surface area contributed by atoms with E-state index in [9.17, 15) is 4.79 Å². The van der Waals surface area contributed by atoms with E-state index in [2.05, 4.69) is 86.6 Å². The topological polar surface area (TPSA) is 34.5 Å². The van der Waals surface area contributed by atoms with Crippen molar-refractivity contribution in [3.05, 3.63) is 83.6 Å². The number of hydrogen-bond acceptors (Lipinski definition) is 3. The van der Waals surface area contributed by atoms with Gasteiger partial charge >= 0.3 is 5.97 Å². The zero-order chi connectivity index (χ0) is 24.0. The molecule has 1 aromatic heterocycles. The third kappa shape index (κ3) is 3.00. The highest BCUT2D eigenvalue weighted by Crippen LogP contribution is 2.55. The van der Waals surface area contributed by atoms with Crippen molar-refractivity contribution in [2.75, 3.05) is 18.0 Å². The van der Waals surface area contributed by atoms with Crippen LogP contribution in [0.15, 0.2) is 66.7 Å². The fourth-order valence-electron chi connectivity index (χ4n) is 5.61. The second-order valence-corrected chi connectivity index (χ2v) is 8.84. The van der Waals surface area contributed by atoms with Gasteiger partial charge in [-0.25, -0.2) is 4.79 Å². The summed E-state index contributed by atoms with van der Waals surface area (Å²) in [7, 11) is 0. The fourth-order valence-corrected chi connectivity index (χ4v) is 5.61. The van der Waals surface area contributed by atoms with Crippen molar-refractivity contribution in [2.45, 2.75) is 41.2 Å². The smallest absolute Gasteiger partial charge is 0.372 e. The van der Waals surface area contributed by atoms with Crippen LogP contribution in [0.3, 0.4) is 0 Å². The van der Waals surface area contributed by atoms with E-state index in [-0.39, 0.29) is 10.6 Å². The predicted molar refractivity (Wildman–Crippen MR) is 140 cm³/mol. The molecule has 0 spiro atoms. The molecule has 0 amide bonds. The Morgan fingerprint density at radius 3 is 2.29 bits per heavy atom. The number of fused-ring (bicyclic) bond motifs is 2. The average Bonchev–Trinajstić information content (AvgIpc) is 3.31. The summed E-state index contributed by atoms with van der Waals surface area (Å²) >= 11 is 0. The molecule has 0 aliphatic carbocycles. The van der Waals surface area contributed by atoms with Crippen LogP contribution in [0.2, 0.25) is 0 Å². The van der Waals surface area contributed by atoms with Gasteiger partial charge in [-0.2, -0.15) is 0 Å². The Kier molecular flexibility index (Phi) is 5.45. The van der Waals surface area contributed by atoms with Gasteiger partial charge in [0.25, 0.3) is 0 Å². The number of quaternary nitrogens is 1. The molecule has 0 saturated heterocycles. The Bertz CT molecular complexity index is 1400. The van der Waals surface area contributed by atoms with Gasteiger partial charge in [-0.1, -0.05) is 24.3 Å². The van der Waals surface area contributed by atoms with E-state index >= 15 is 0 Å². The summed E-state index contributed by atoms with van der Waals surface area (Å²) in [6.07, 6.45) is 0. The van der Waals surface area contributed by atoms with Crippen LogP contribution in [0.1, 0.15) is 42.4 Å². The van der Waals surface area contributed by atoms with E-state index in [4.69, 9.17) is 4.84 Å². The van der Waals surface area contributed by atoms with E-state index in [0.717, 1.165) is 58.9 Å². The second-order valence-electron chi connectivity index (χ2n) is 8.84. The Hall–Kier alpha value is -3.57. The van der Waals surface area contributed by atoms with Crippen molar-refractivity contribution in [2.24, 2.45) is 0 Å². The SMILES string of the molecule is CCN(CC)c1ccc([N+]2(c3c(C)n(CC)c4ccccc34)OC(=O)c3ccccc32)c(C)c1. The molecule has 0 saturated carbocycles. The molecule has 1 atom stereocenters. The maximum absolute atomic E-state index is 13.3. The van der Waals surface area contributed by atoms with Crippen LogP contribution in [0, 0.1) is 13.8 Å². The highest BCUT2D eigenvalue weighted by Gasteiger charge is 2.54. The highest BCUT2D eigenvalue weighted by atomic mass is 16.8. The van der Waals surface area contributed by atoms with Crippen LogP contribution in [0.25, 0.3) is 10.9 Å². The average molecular weight is 455 g/mol. The van der Waals surface area contributed by atoms with Gasteiger partial charge in [-0.3, -0.25) is 4.84 Å². The molecule has 1 unspecified atom stereocenters. The number of carbonyl (C=O) groups is 1. The van der Waals surface area contributed by atoms with Crippen LogP contribution < -0.4 is 9.55 Å². The normalized spacial score (nSPS) is 17.1. The first-order valence-corrected chi connectivity index (χ1v) is 12.1. The number of carbonyl (C=O) groups excluding carboxylic acids is 1. The molecule has 5 heteroatoms. The van der Waals surface area contributed by atoms with Gasteiger partial charge in [-0.05, 0) is 69.6 Å². The van der Waals surface area contributed by atoms with Crippen molar-refractivity contribution in [1.29, 1.82) is 0 Å². The number of aryl methyl sites for hydroxylation is 2. The zero-order valence-corrected chi connectivity index (χ0v) is 20.6. The minimum Gasteiger partial charge on any atom is -0.372 e. The fraction of sp³-hybridized carbons (Fsp3) is 0.276. The number of nitrogens with zero attached hydrogens (tertiary/aromatic N) is 3. The highest BCUT2D eigenvalue weighted by molar-refractivity contribution is 6.06. The number of benzene rings is 3. The first-order chi connectivity index (χ1) is 16.5. The lowest BCUT2D eigenvalue weighted by Gasteiger charge is -2.31. The van der Waals surface area contributed by atoms with Gasteiger partial charge in [0.15, 0.2) is 5.69 Å². The van der Waals surface area contributed by atoms with Crippen molar-refractivity contribution in [3.8, 4) is 0 Å². The summed E-state index contributed by atoms with van der Waals surface area (Å²) in [6.45, 7) is 13.5. The largest absolute Gasteiger partial charge is 0.405 e. The monoisotopic (exact) mass is 454 g/mol. The standard InChI is InChI=1S/C29H32N3O2/c1-6-30(7-2)22-17-18-26(20(4)19-22)32(27-16-12-10-14-24(27)29(33)34-32)28-21(5)31(8-3)25-15-11-9-13-23(25)28/h9-19H,6-8H2,1-5H3/q+1. The van der Waals surface area contributed by atoms with E-state index < -0.39 is 0 Å². The maximum Gasteiger partial charge on any atom is 0.405 e. The summed E-state index contributed by atoms with van der Waals surface area (Å²) in [5, 5.41) is 1.10. The van der Waals surface area contributed by atoms with Gasteiger partial charge in [0, 0.05) is 43.0 Å². The molecule has 0 N–H and O–H groups in total. The van der Waals surface area contributed by atoms with Crippen LogP contribution in [-0.2, 0) is 11.4 Å². The molecule has 0 fully saturated rings. The number of rotatable bonds is 6. The van der Waals surface area contributed by atoms with Crippen LogP contribution in [0.4, 0.5) is 22.7 Å². The molecular weight excluding hydrogens is 422 g/mol. The molecule has 0 radical (unpaired) electrons. The minimum atomic E-state index is -0.296. The second kappa shape index (κ2) is 8.33. The number of para-hydroxylation sites is 2. The lowest BCUT2D eigenvalue weighted by molar-refractivity contribution is -0.0141. The summed E-state index contributed by atoms with van der Waals surface area (Å²) in [6, 6.07) is 22.7. The summed E-state index contributed by atoms with van der Waals surface area (Å²) in [5.74, 6) is -0.296. The van der Waals surface area contributed by atoms with Crippen molar-refractivity contribution in [1.82, 2.24) is 9.21 Å². The quantitative estimate of drug-likeness (QED) is 0.289. The number of hydrogen-bond donors (Lipinski definition) is 0. The molecule has 1 aliphatic heterocycles. The Morgan fingerprint density at radius 1 is 0.882 bits per heavy atom. The van der Waals surface area contributed by atoms with Crippen molar-refractivity contribution >= 4 is 39.6 Å². The number of aromatic nitrogens is 1. The maximum atomic E-state index is 13.3. The number of anilines is 1. The molecular formula is C29H32N3O2+. The first kappa shape index (κ1) is 22.2. The lowest BCUT2D eigenvalue weighted by atomic mass is 10.1. The minimum absolute atomic E-state index is 0.0568. The van der Waals surface area contributed by atoms with Gasteiger partial charge in [-0.15, -0.1) is 0 Å². The van der Waals surface area contributed by atoms with E-state index in [1.54, 1.807) is 0 Å². The van der Waals surface area contributed by atoms with Crippen LogP contribution >= 0.6 is 0 Å². The molecule has 3 aromatic carbocycles. The molecule has 5 nitrogen and oxygen atoms in total. The van der Waals surface area contributed by atoms with E-state index in [1.807, 2.05) is 24.3 Å². The van der Waals surface area contributed by atoms with Gasteiger partial charge in [0.2, 0.25) is 11.4 Å². The third-order valence-electron chi connectivity index (χ3n) is 7.16. The first-order valence-electron chi connectivity index (χ1n) is 12.1. The molecule has 5 rings (SSSR count). The molecule has 1 aliphatic rings. The van der Waals surface area contributed by atoms with Crippen LogP contribution in [0.5, 0.6) is 0 Å². The van der Waals surface area contributed by atoms with E-state index in [0.29, 0.717) is 5.56 Å². The van der Waals surface area contributed by atoms with Gasteiger partial charge < -0.3 is 9.47 Å². The zero-order valence-electron chi connectivity index (χ0n) is 20.6.